The number of hydrogen-bond donors (Lipinski definition) is 2. The van der Waals surface area contributed by atoms with Crippen molar-refractivity contribution >= 4 is 5.69 Å². The zero-order valence-corrected chi connectivity index (χ0v) is 11.3. The molecule has 5 heteroatoms. The third-order valence-electron chi connectivity index (χ3n) is 3.13. The topological polar surface area (TPSA) is 83.6 Å². The molecule has 2 aromatic rings. The number of benzene rings is 2. The summed E-state index contributed by atoms with van der Waals surface area (Å²) in [4.78, 5) is 10.3. The molecule has 0 spiro atoms. The van der Waals surface area contributed by atoms with Crippen molar-refractivity contribution in [3.8, 4) is 11.5 Å². The summed E-state index contributed by atoms with van der Waals surface area (Å²) in [5, 5.41) is 30.7. The first-order valence-corrected chi connectivity index (χ1v) is 6.14. The molecule has 5 nitrogen and oxygen atoms in total. The molecule has 104 valence electrons. The van der Waals surface area contributed by atoms with Gasteiger partial charge in [0.2, 0.25) is 0 Å². The lowest BCUT2D eigenvalue weighted by molar-refractivity contribution is -0.386. The van der Waals surface area contributed by atoms with Gasteiger partial charge in [0.15, 0.2) is 5.75 Å². The summed E-state index contributed by atoms with van der Waals surface area (Å²) in [6.07, 6.45) is 0.238. The first-order chi connectivity index (χ1) is 9.38. The third-order valence-corrected chi connectivity index (χ3v) is 3.13. The summed E-state index contributed by atoms with van der Waals surface area (Å²) in [5.41, 5.74) is 2.40. The van der Waals surface area contributed by atoms with Crippen molar-refractivity contribution in [1.29, 1.82) is 0 Å². The highest BCUT2D eigenvalue weighted by Gasteiger charge is 2.18. The van der Waals surface area contributed by atoms with Crippen LogP contribution in [-0.2, 0) is 6.42 Å². The number of hydrogen-bond acceptors (Lipinski definition) is 4. The van der Waals surface area contributed by atoms with Crippen molar-refractivity contribution in [2.24, 2.45) is 0 Å². The number of phenolic OH excluding ortho intramolecular Hbond substituents is 2. The van der Waals surface area contributed by atoms with Gasteiger partial charge in [0.05, 0.1) is 4.92 Å². The van der Waals surface area contributed by atoms with E-state index in [0.29, 0.717) is 16.7 Å². The molecule has 0 radical (unpaired) electrons. The van der Waals surface area contributed by atoms with Crippen LogP contribution < -0.4 is 0 Å². The monoisotopic (exact) mass is 273 g/mol. The van der Waals surface area contributed by atoms with Crippen LogP contribution in [-0.4, -0.2) is 15.1 Å². The van der Waals surface area contributed by atoms with E-state index in [0.717, 1.165) is 5.56 Å². The van der Waals surface area contributed by atoms with E-state index < -0.39 is 4.92 Å². The largest absolute Gasteiger partial charge is 0.508 e. The number of nitro benzene ring substituents is 1. The van der Waals surface area contributed by atoms with E-state index in [-0.39, 0.29) is 23.6 Å². The van der Waals surface area contributed by atoms with Crippen molar-refractivity contribution in [2.75, 3.05) is 0 Å². The quantitative estimate of drug-likeness (QED) is 0.664. The van der Waals surface area contributed by atoms with Crippen LogP contribution in [0.5, 0.6) is 11.5 Å². The molecule has 0 aliphatic rings. The average molecular weight is 273 g/mol. The Bertz CT molecular complexity index is 680. The van der Waals surface area contributed by atoms with Crippen molar-refractivity contribution in [2.45, 2.75) is 20.3 Å². The van der Waals surface area contributed by atoms with Crippen LogP contribution in [0.25, 0.3) is 0 Å². The highest BCUT2D eigenvalue weighted by Crippen LogP contribution is 2.34. The van der Waals surface area contributed by atoms with Crippen molar-refractivity contribution in [3.63, 3.8) is 0 Å². The van der Waals surface area contributed by atoms with Crippen LogP contribution in [0.1, 0.15) is 22.3 Å². The third kappa shape index (κ3) is 2.71. The normalized spacial score (nSPS) is 10.5. The predicted octanol–water partition coefficient (Wildman–Crippen LogP) is 3.21. The Morgan fingerprint density at radius 1 is 1.05 bits per heavy atom. The molecule has 0 aliphatic carbocycles. The molecular formula is C15H15NO4. The van der Waals surface area contributed by atoms with Crippen LogP contribution in [0.2, 0.25) is 0 Å². The van der Waals surface area contributed by atoms with Crippen LogP contribution >= 0.6 is 0 Å². The highest BCUT2D eigenvalue weighted by atomic mass is 16.6. The molecule has 0 aromatic heterocycles. The van der Waals surface area contributed by atoms with E-state index in [1.165, 1.54) is 6.07 Å². The maximum absolute atomic E-state index is 10.9. The van der Waals surface area contributed by atoms with E-state index in [1.807, 2.05) is 6.92 Å². The van der Waals surface area contributed by atoms with Gasteiger partial charge in [-0.1, -0.05) is 23.8 Å². The molecule has 0 atom stereocenters. The zero-order chi connectivity index (χ0) is 14.9. The molecule has 2 N–H and O–H groups in total. The molecule has 0 fully saturated rings. The fraction of sp³-hybridized carbons (Fsp3) is 0.200. The summed E-state index contributed by atoms with van der Waals surface area (Å²) >= 11 is 0. The van der Waals surface area contributed by atoms with Gasteiger partial charge in [-0.15, -0.1) is 0 Å². The summed E-state index contributed by atoms with van der Waals surface area (Å²) in [5.74, 6) is -0.235. The maximum Gasteiger partial charge on any atom is 0.311 e. The Morgan fingerprint density at radius 3 is 2.35 bits per heavy atom. The van der Waals surface area contributed by atoms with Crippen LogP contribution in [0.3, 0.4) is 0 Å². The van der Waals surface area contributed by atoms with E-state index in [1.54, 1.807) is 31.2 Å². The molecule has 0 bridgehead atoms. The molecule has 20 heavy (non-hydrogen) atoms. The predicted molar refractivity (Wildman–Crippen MR) is 75.1 cm³/mol. The van der Waals surface area contributed by atoms with Gasteiger partial charge in [0.1, 0.15) is 5.75 Å². The van der Waals surface area contributed by atoms with Gasteiger partial charge in [0.25, 0.3) is 0 Å². The number of phenols is 2. The van der Waals surface area contributed by atoms with Crippen LogP contribution in [0.15, 0.2) is 30.3 Å². The fourth-order valence-corrected chi connectivity index (χ4v) is 2.17. The van der Waals surface area contributed by atoms with Gasteiger partial charge in [-0.25, -0.2) is 0 Å². The Labute approximate surface area is 116 Å². The number of nitrogens with zero attached hydrogens (tertiary/aromatic N) is 1. The van der Waals surface area contributed by atoms with E-state index in [4.69, 9.17) is 0 Å². The Hall–Kier alpha value is -2.56. The first kappa shape index (κ1) is 13.9. The van der Waals surface area contributed by atoms with Crippen molar-refractivity contribution in [1.82, 2.24) is 0 Å². The Morgan fingerprint density at radius 2 is 1.70 bits per heavy atom. The van der Waals surface area contributed by atoms with E-state index in [9.17, 15) is 20.3 Å². The molecule has 2 aromatic carbocycles. The number of aromatic hydroxyl groups is 2. The van der Waals surface area contributed by atoms with Gasteiger partial charge >= 0.3 is 5.69 Å². The van der Waals surface area contributed by atoms with E-state index >= 15 is 0 Å². The fourth-order valence-electron chi connectivity index (χ4n) is 2.17. The average Bonchev–Trinajstić information content (AvgIpc) is 2.37. The number of rotatable bonds is 3. The standard InChI is InChI=1S/C15H15NO4/c1-9-3-4-14(17)11(5-9)8-12-6-10(2)7-13(15(12)18)16(19)20/h3-7,17-18H,8H2,1-2H3. The zero-order valence-electron chi connectivity index (χ0n) is 11.3. The van der Waals surface area contributed by atoms with Gasteiger partial charge < -0.3 is 10.2 Å². The molecule has 0 aliphatic heterocycles. The van der Waals surface area contributed by atoms with E-state index in [2.05, 4.69) is 0 Å². The molecular weight excluding hydrogens is 258 g/mol. The molecule has 0 amide bonds. The highest BCUT2D eigenvalue weighted by molar-refractivity contribution is 5.55. The summed E-state index contributed by atoms with van der Waals surface area (Å²) in [7, 11) is 0. The minimum absolute atomic E-state index is 0.110. The summed E-state index contributed by atoms with van der Waals surface area (Å²) in [6, 6.07) is 8.16. The first-order valence-electron chi connectivity index (χ1n) is 6.14. The number of nitro groups is 1. The Kier molecular flexibility index (Phi) is 3.61. The molecule has 0 unspecified atom stereocenters. The molecule has 0 saturated carbocycles. The summed E-state index contributed by atoms with van der Waals surface area (Å²) < 4.78 is 0. The Balaban J connectivity index is 2.48. The summed E-state index contributed by atoms with van der Waals surface area (Å²) in [6.45, 7) is 3.62. The minimum atomic E-state index is -0.609. The smallest absolute Gasteiger partial charge is 0.311 e. The second kappa shape index (κ2) is 5.21. The van der Waals surface area contributed by atoms with Crippen molar-refractivity contribution < 1.29 is 15.1 Å². The lowest BCUT2D eigenvalue weighted by atomic mass is 9.99. The number of aryl methyl sites for hydroxylation is 2. The van der Waals surface area contributed by atoms with Gasteiger partial charge in [-0.05, 0) is 31.0 Å². The van der Waals surface area contributed by atoms with Crippen LogP contribution in [0, 0.1) is 24.0 Å². The van der Waals surface area contributed by atoms with Gasteiger partial charge in [-0.2, -0.15) is 0 Å². The lowest BCUT2D eigenvalue weighted by Gasteiger charge is -2.09. The minimum Gasteiger partial charge on any atom is -0.508 e. The van der Waals surface area contributed by atoms with Crippen molar-refractivity contribution in [3.05, 3.63) is 62.7 Å². The molecule has 0 heterocycles. The van der Waals surface area contributed by atoms with Gasteiger partial charge in [0, 0.05) is 18.1 Å². The van der Waals surface area contributed by atoms with Crippen LogP contribution in [0.4, 0.5) is 5.69 Å². The molecule has 2 rings (SSSR count). The maximum atomic E-state index is 10.9. The molecule has 0 saturated heterocycles. The second-order valence-electron chi connectivity index (χ2n) is 4.86. The lowest BCUT2D eigenvalue weighted by Crippen LogP contribution is -1.96. The second-order valence-corrected chi connectivity index (χ2v) is 4.86. The van der Waals surface area contributed by atoms with Gasteiger partial charge in [-0.3, -0.25) is 10.1 Å². The SMILES string of the molecule is Cc1ccc(O)c(Cc2cc(C)cc([N+](=O)[O-])c2O)c1.